The minimum absolute atomic E-state index is 0.609. The number of allylic oxidation sites excluding steroid dienone is 4. The first-order valence-electron chi connectivity index (χ1n) is 5.37. The lowest BCUT2D eigenvalue weighted by molar-refractivity contribution is 1.28. The average Bonchev–Trinajstić information content (AvgIpc) is 2.71. The Morgan fingerprint density at radius 3 is 2.20 bits per heavy atom. The van der Waals surface area contributed by atoms with Gasteiger partial charge in [-0.15, -0.1) is 0 Å². The third-order valence-corrected chi connectivity index (χ3v) is 5.81. The number of nitrogens with one attached hydrogen (secondary N) is 1. The van der Waals surface area contributed by atoms with Crippen molar-refractivity contribution in [1.82, 2.24) is 0 Å². The summed E-state index contributed by atoms with van der Waals surface area (Å²) in [6.45, 7) is 4.73. The number of para-hydroxylation sites is 1. The van der Waals surface area contributed by atoms with Crippen molar-refractivity contribution in [3.05, 3.63) is 54.6 Å². The van der Waals surface area contributed by atoms with Crippen molar-refractivity contribution in [1.29, 1.82) is 0 Å². The molecule has 15 heavy (non-hydrogen) atoms. The minimum Gasteiger partial charge on any atom is -0.410 e. The highest BCUT2D eigenvalue weighted by atomic mass is 28.3. The molecule has 0 amide bonds. The highest BCUT2D eigenvalue weighted by Crippen LogP contribution is 2.29. The van der Waals surface area contributed by atoms with Crippen molar-refractivity contribution in [2.45, 2.75) is 18.6 Å². The summed E-state index contributed by atoms with van der Waals surface area (Å²) in [7, 11) is -1.43. The normalized spacial score (nSPS) is 15.9. The van der Waals surface area contributed by atoms with Crippen molar-refractivity contribution < 1.29 is 0 Å². The first-order chi connectivity index (χ1) is 7.18. The Hall–Kier alpha value is -1.28. The van der Waals surface area contributed by atoms with Gasteiger partial charge >= 0.3 is 0 Å². The lowest BCUT2D eigenvalue weighted by atomic mass is 10.3. The molecular formula is C13H17NSi. The summed E-state index contributed by atoms with van der Waals surface area (Å²) >= 11 is 0. The van der Waals surface area contributed by atoms with E-state index in [2.05, 4.69) is 72.7 Å². The van der Waals surface area contributed by atoms with E-state index in [0.717, 1.165) is 0 Å². The summed E-state index contributed by atoms with van der Waals surface area (Å²) < 4.78 is 0. The van der Waals surface area contributed by atoms with Crippen LogP contribution in [0.3, 0.4) is 0 Å². The Morgan fingerprint density at radius 1 is 1.00 bits per heavy atom. The molecule has 2 heteroatoms. The smallest absolute Gasteiger partial charge is 0.158 e. The Bertz CT molecular complexity index is 367. The monoisotopic (exact) mass is 215 g/mol. The maximum absolute atomic E-state index is 3.70. The van der Waals surface area contributed by atoms with Crippen LogP contribution < -0.4 is 4.98 Å². The van der Waals surface area contributed by atoms with Crippen LogP contribution in [-0.2, 0) is 0 Å². The molecule has 0 bridgehead atoms. The molecule has 1 aromatic rings. The van der Waals surface area contributed by atoms with Gasteiger partial charge in [0.1, 0.15) is 0 Å². The number of benzene rings is 1. The molecule has 0 saturated heterocycles. The highest BCUT2D eigenvalue weighted by Gasteiger charge is 2.29. The van der Waals surface area contributed by atoms with E-state index < -0.39 is 8.24 Å². The van der Waals surface area contributed by atoms with Gasteiger partial charge in [-0.1, -0.05) is 55.6 Å². The molecule has 2 rings (SSSR count). The van der Waals surface area contributed by atoms with Gasteiger partial charge in [0.25, 0.3) is 0 Å². The van der Waals surface area contributed by atoms with Gasteiger partial charge in [0, 0.05) is 11.2 Å². The lowest BCUT2D eigenvalue weighted by Gasteiger charge is -2.29. The van der Waals surface area contributed by atoms with E-state index in [-0.39, 0.29) is 0 Å². The maximum atomic E-state index is 3.70. The van der Waals surface area contributed by atoms with Crippen molar-refractivity contribution in [3.63, 3.8) is 0 Å². The van der Waals surface area contributed by atoms with E-state index in [4.69, 9.17) is 0 Å². The van der Waals surface area contributed by atoms with E-state index in [1.165, 1.54) is 5.69 Å². The SMILES string of the molecule is C[Si](C)(Nc1ccccc1)C1C=CC=C1. The molecule has 0 spiro atoms. The lowest BCUT2D eigenvalue weighted by Crippen LogP contribution is -2.40. The zero-order chi connectivity index (χ0) is 10.7. The van der Waals surface area contributed by atoms with Gasteiger partial charge in [-0.3, -0.25) is 0 Å². The molecule has 1 N–H and O–H groups in total. The van der Waals surface area contributed by atoms with Gasteiger partial charge < -0.3 is 4.98 Å². The molecular weight excluding hydrogens is 198 g/mol. The summed E-state index contributed by atoms with van der Waals surface area (Å²) in [5.41, 5.74) is 1.85. The Morgan fingerprint density at radius 2 is 1.60 bits per heavy atom. The van der Waals surface area contributed by atoms with Crippen molar-refractivity contribution in [2.24, 2.45) is 0 Å². The first-order valence-corrected chi connectivity index (χ1v) is 8.44. The number of anilines is 1. The van der Waals surface area contributed by atoms with Gasteiger partial charge in [-0.25, -0.2) is 0 Å². The molecule has 78 valence electrons. The summed E-state index contributed by atoms with van der Waals surface area (Å²) in [6, 6.07) is 10.5. The van der Waals surface area contributed by atoms with Crippen LogP contribution in [0.2, 0.25) is 18.6 Å². The van der Waals surface area contributed by atoms with Crippen LogP contribution in [0.5, 0.6) is 0 Å². The third kappa shape index (κ3) is 2.39. The summed E-state index contributed by atoms with van der Waals surface area (Å²) in [6.07, 6.45) is 8.88. The van der Waals surface area contributed by atoms with Crippen LogP contribution in [0, 0.1) is 0 Å². The van der Waals surface area contributed by atoms with Crippen LogP contribution in [0.15, 0.2) is 54.6 Å². The molecule has 1 aliphatic rings. The number of rotatable bonds is 3. The molecule has 1 aromatic carbocycles. The quantitative estimate of drug-likeness (QED) is 0.756. The van der Waals surface area contributed by atoms with Crippen molar-refractivity contribution in [3.8, 4) is 0 Å². The zero-order valence-corrected chi connectivity index (χ0v) is 10.3. The van der Waals surface area contributed by atoms with Crippen molar-refractivity contribution in [2.75, 3.05) is 4.98 Å². The summed E-state index contributed by atoms with van der Waals surface area (Å²) in [5.74, 6) is 0. The largest absolute Gasteiger partial charge is 0.410 e. The van der Waals surface area contributed by atoms with E-state index >= 15 is 0 Å². The highest BCUT2D eigenvalue weighted by molar-refractivity contribution is 6.82. The Kier molecular flexibility index (Phi) is 2.78. The fourth-order valence-corrected chi connectivity index (χ4v) is 4.15. The van der Waals surface area contributed by atoms with Gasteiger partial charge in [-0.05, 0) is 12.1 Å². The predicted molar refractivity (Wildman–Crippen MR) is 69.6 cm³/mol. The second-order valence-corrected chi connectivity index (χ2v) is 8.87. The average molecular weight is 215 g/mol. The van der Waals surface area contributed by atoms with Gasteiger partial charge in [0.2, 0.25) is 0 Å². The number of hydrogen-bond acceptors (Lipinski definition) is 1. The molecule has 0 aliphatic heterocycles. The van der Waals surface area contributed by atoms with Crippen molar-refractivity contribution >= 4 is 13.9 Å². The third-order valence-electron chi connectivity index (χ3n) is 2.82. The second-order valence-electron chi connectivity index (χ2n) is 4.51. The van der Waals surface area contributed by atoms with E-state index in [1.54, 1.807) is 0 Å². The van der Waals surface area contributed by atoms with Crippen LogP contribution in [0.1, 0.15) is 0 Å². The Labute approximate surface area is 92.6 Å². The topological polar surface area (TPSA) is 12.0 Å². The van der Waals surface area contributed by atoms with E-state index in [1.807, 2.05) is 0 Å². The maximum Gasteiger partial charge on any atom is 0.158 e. The standard InChI is InChI=1S/C13H17NSi/c1-15(2,13-10-6-7-11-13)14-12-8-4-3-5-9-12/h3-11,13-14H,1-2H3. The number of hydrogen-bond donors (Lipinski definition) is 1. The molecule has 1 aliphatic carbocycles. The molecule has 0 radical (unpaired) electrons. The van der Waals surface area contributed by atoms with Gasteiger partial charge in [-0.2, -0.15) is 0 Å². The molecule has 0 heterocycles. The van der Waals surface area contributed by atoms with Crippen LogP contribution in [0.4, 0.5) is 5.69 Å². The first kappa shape index (κ1) is 10.2. The molecule has 0 saturated carbocycles. The fraction of sp³-hybridized carbons (Fsp3) is 0.231. The van der Waals surface area contributed by atoms with Gasteiger partial charge in [0.05, 0.1) is 0 Å². The Balaban J connectivity index is 2.10. The molecule has 0 fully saturated rings. The van der Waals surface area contributed by atoms with Gasteiger partial charge in [0.15, 0.2) is 8.24 Å². The molecule has 1 nitrogen and oxygen atoms in total. The zero-order valence-electron chi connectivity index (χ0n) is 9.27. The minimum atomic E-state index is -1.43. The summed E-state index contributed by atoms with van der Waals surface area (Å²) in [5, 5.41) is 0. The van der Waals surface area contributed by atoms with Crippen LogP contribution in [0.25, 0.3) is 0 Å². The van der Waals surface area contributed by atoms with E-state index in [9.17, 15) is 0 Å². The van der Waals surface area contributed by atoms with E-state index in [0.29, 0.717) is 5.54 Å². The van der Waals surface area contributed by atoms with Crippen LogP contribution in [-0.4, -0.2) is 8.24 Å². The van der Waals surface area contributed by atoms with Crippen LogP contribution >= 0.6 is 0 Å². The predicted octanol–water partition coefficient (Wildman–Crippen LogP) is 3.80. The molecule has 0 atom stereocenters. The molecule has 0 aromatic heterocycles. The molecule has 0 unspecified atom stereocenters. The second kappa shape index (κ2) is 4.07. The fourth-order valence-electron chi connectivity index (χ4n) is 1.89. The summed E-state index contributed by atoms with van der Waals surface area (Å²) in [4.78, 5) is 3.70.